The largest absolute Gasteiger partial charge is 0.454 e. The number of benzene rings is 2. The molecule has 2 aromatic carbocycles. The summed E-state index contributed by atoms with van der Waals surface area (Å²) in [6, 6.07) is 12.0. The molecule has 0 spiro atoms. The number of aryl methyl sites for hydroxylation is 2. The Morgan fingerprint density at radius 3 is 2.76 bits per heavy atom. The van der Waals surface area contributed by atoms with Gasteiger partial charge in [-0.2, -0.15) is 0 Å². The van der Waals surface area contributed by atoms with Crippen molar-refractivity contribution in [1.82, 2.24) is 15.2 Å². The first-order chi connectivity index (χ1) is 16.5. The van der Waals surface area contributed by atoms with E-state index in [1.54, 1.807) is 0 Å². The summed E-state index contributed by atoms with van der Waals surface area (Å²) in [5, 5.41) is 5.00. The van der Waals surface area contributed by atoms with Crippen LogP contribution in [0.2, 0.25) is 0 Å². The molecule has 7 nitrogen and oxygen atoms in total. The van der Waals surface area contributed by atoms with Crippen LogP contribution in [0.4, 0.5) is 0 Å². The number of aromatic amines is 1. The third-order valence-corrected chi connectivity index (χ3v) is 6.89. The number of aromatic nitrogens is 1. The molecule has 1 aromatic heterocycles. The molecule has 1 unspecified atom stereocenters. The molecule has 1 atom stereocenters. The van der Waals surface area contributed by atoms with Gasteiger partial charge in [-0.1, -0.05) is 18.2 Å². The molecule has 0 bridgehead atoms. The van der Waals surface area contributed by atoms with Crippen LogP contribution in [0.1, 0.15) is 35.1 Å². The maximum atomic E-state index is 13.0. The predicted octanol–water partition coefficient (Wildman–Crippen LogP) is 3.93. The number of H-pyrrole nitrogens is 1. The Morgan fingerprint density at radius 1 is 1.12 bits per heavy atom. The number of pyridine rings is 1. The Hall–Kier alpha value is -3.10. The Balaban J connectivity index is 1.42. The molecular weight excluding hydrogens is 450 g/mol. The fourth-order valence-electron chi connectivity index (χ4n) is 4.52. The predicted molar refractivity (Wildman–Crippen MR) is 135 cm³/mol. The summed E-state index contributed by atoms with van der Waals surface area (Å²) >= 11 is 5.78. The highest BCUT2D eigenvalue weighted by Gasteiger charge is 2.20. The van der Waals surface area contributed by atoms with Crippen LogP contribution >= 0.6 is 12.2 Å². The van der Waals surface area contributed by atoms with E-state index in [0.717, 1.165) is 58.5 Å². The highest BCUT2D eigenvalue weighted by Crippen LogP contribution is 2.33. The first kappa shape index (κ1) is 22.7. The number of hydrogen-bond acceptors (Lipinski definition) is 5. The van der Waals surface area contributed by atoms with Gasteiger partial charge in [0.05, 0.1) is 18.2 Å². The highest BCUT2D eigenvalue weighted by atomic mass is 32.1. The van der Waals surface area contributed by atoms with E-state index in [9.17, 15) is 4.79 Å². The number of nitrogens with zero attached hydrogens (tertiary/aromatic N) is 1. The molecule has 3 aromatic rings. The van der Waals surface area contributed by atoms with E-state index >= 15 is 0 Å². The summed E-state index contributed by atoms with van der Waals surface area (Å²) in [7, 11) is 0. The van der Waals surface area contributed by atoms with E-state index in [2.05, 4.69) is 23.3 Å². The number of nitrogens with one attached hydrogen (secondary N) is 2. The van der Waals surface area contributed by atoms with Crippen molar-refractivity contribution in [2.75, 3.05) is 19.9 Å². The summed E-state index contributed by atoms with van der Waals surface area (Å²) in [5.74, 6) is 1.47. The van der Waals surface area contributed by atoms with E-state index in [1.165, 1.54) is 0 Å². The summed E-state index contributed by atoms with van der Waals surface area (Å²) in [5.41, 5.74) is 4.65. The zero-order valence-corrected chi connectivity index (χ0v) is 20.3. The van der Waals surface area contributed by atoms with Gasteiger partial charge in [-0.25, -0.2) is 0 Å². The summed E-state index contributed by atoms with van der Waals surface area (Å²) in [4.78, 5) is 18.1. The van der Waals surface area contributed by atoms with Crippen molar-refractivity contribution in [3.8, 4) is 11.5 Å². The number of thiocarbonyl (C=S) groups is 1. The van der Waals surface area contributed by atoms with Crippen molar-refractivity contribution in [2.45, 2.75) is 45.9 Å². The van der Waals surface area contributed by atoms with Crippen LogP contribution in [-0.2, 0) is 17.8 Å². The molecule has 0 saturated carbocycles. The van der Waals surface area contributed by atoms with Gasteiger partial charge in [-0.05, 0) is 73.8 Å². The van der Waals surface area contributed by atoms with Crippen LogP contribution in [0.5, 0.6) is 11.5 Å². The third-order valence-electron chi connectivity index (χ3n) is 6.48. The van der Waals surface area contributed by atoms with E-state index in [-0.39, 0.29) is 18.5 Å². The summed E-state index contributed by atoms with van der Waals surface area (Å²) in [6.07, 6.45) is 2.27. The minimum Gasteiger partial charge on any atom is -0.454 e. The monoisotopic (exact) mass is 479 g/mol. The molecule has 2 N–H and O–H groups in total. The second-order valence-corrected chi connectivity index (χ2v) is 9.36. The van der Waals surface area contributed by atoms with Gasteiger partial charge in [-0.3, -0.25) is 4.79 Å². The summed E-state index contributed by atoms with van der Waals surface area (Å²) < 4.78 is 16.7. The average molecular weight is 480 g/mol. The Bertz CT molecular complexity index is 1280. The SMILES string of the molecule is Cc1ccc(C)c2[nH]c(=O)c(CN(Cc3ccc4c(c3)OCO4)C(=S)NCC3CCCO3)cc12. The van der Waals surface area contributed by atoms with Crippen LogP contribution < -0.4 is 20.3 Å². The number of rotatable bonds is 6. The van der Waals surface area contributed by atoms with Crippen molar-refractivity contribution < 1.29 is 14.2 Å². The van der Waals surface area contributed by atoms with Crippen molar-refractivity contribution in [3.63, 3.8) is 0 Å². The van der Waals surface area contributed by atoms with Crippen LogP contribution in [-0.4, -0.2) is 41.0 Å². The molecule has 8 heteroatoms. The Morgan fingerprint density at radius 2 is 1.94 bits per heavy atom. The smallest absolute Gasteiger partial charge is 0.253 e. The van der Waals surface area contributed by atoms with Gasteiger partial charge in [0.15, 0.2) is 16.6 Å². The van der Waals surface area contributed by atoms with E-state index in [1.807, 2.05) is 42.2 Å². The highest BCUT2D eigenvalue weighted by molar-refractivity contribution is 7.80. The fraction of sp³-hybridized carbons (Fsp3) is 0.385. The lowest BCUT2D eigenvalue weighted by atomic mass is 10.0. The second kappa shape index (κ2) is 9.64. The third kappa shape index (κ3) is 4.74. The Kier molecular flexibility index (Phi) is 6.43. The Labute approximate surface area is 204 Å². The van der Waals surface area contributed by atoms with Crippen molar-refractivity contribution in [2.24, 2.45) is 0 Å². The molecule has 2 aliphatic rings. The van der Waals surface area contributed by atoms with Gasteiger partial charge in [0, 0.05) is 30.6 Å². The minimum atomic E-state index is -0.0983. The lowest BCUT2D eigenvalue weighted by Crippen LogP contribution is -2.42. The molecule has 0 aliphatic carbocycles. The first-order valence-electron chi connectivity index (χ1n) is 11.6. The number of ether oxygens (including phenoxy) is 3. The van der Waals surface area contributed by atoms with Gasteiger partial charge in [0.25, 0.3) is 5.56 Å². The molecule has 1 fully saturated rings. The van der Waals surface area contributed by atoms with Crippen LogP contribution in [0.25, 0.3) is 10.9 Å². The molecule has 178 valence electrons. The lowest BCUT2D eigenvalue weighted by molar-refractivity contribution is 0.113. The lowest BCUT2D eigenvalue weighted by Gasteiger charge is -2.27. The van der Waals surface area contributed by atoms with Crippen molar-refractivity contribution >= 4 is 28.2 Å². The number of fused-ring (bicyclic) bond motifs is 2. The zero-order chi connectivity index (χ0) is 23.7. The molecule has 5 rings (SSSR count). The molecule has 2 aliphatic heterocycles. The molecule has 0 radical (unpaired) electrons. The van der Waals surface area contributed by atoms with Gasteiger partial charge < -0.3 is 29.4 Å². The first-order valence-corrected chi connectivity index (χ1v) is 12.0. The van der Waals surface area contributed by atoms with Gasteiger partial charge >= 0.3 is 0 Å². The molecule has 3 heterocycles. The van der Waals surface area contributed by atoms with Crippen molar-refractivity contribution in [1.29, 1.82) is 0 Å². The van der Waals surface area contributed by atoms with Gasteiger partial charge in [-0.15, -0.1) is 0 Å². The second-order valence-electron chi connectivity index (χ2n) is 8.98. The maximum Gasteiger partial charge on any atom is 0.253 e. The van der Waals surface area contributed by atoms with E-state index < -0.39 is 0 Å². The standard InChI is InChI=1S/C26H29N3O4S/c1-16-5-6-17(2)24-21(16)11-19(25(30)28-24)14-29(26(34)27-12-20-4-3-9-31-20)13-18-7-8-22-23(10-18)33-15-32-22/h5-8,10-11,20H,3-4,9,12-15H2,1-2H3,(H,27,34)(H,28,30). The van der Waals surface area contributed by atoms with Gasteiger partial charge in [0.1, 0.15) is 0 Å². The van der Waals surface area contributed by atoms with E-state index in [0.29, 0.717) is 30.3 Å². The van der Waals surface area contributed by atoms with Crippen LogP contribution in [0, 0.1) is 13.8 Å². The number of hydrogen-bond donors (Lipinski definition) is 2. The van der Waals surface area contributed by atoms with E-state index in [4.69, 9.17) is 26.4 Å². The van der Waals surface area contributed by atoms with Crippen LogP contribution in [0.3, 0.4) is 0 Å². The zero-order valence-electron chi connectivity index (χ0n) is 19.5. The topological polar surface area (TPSA) is 75.8 Å². The normalized spacial score (nSPS) is 16.7. The van der Waals surface area contributed by atoms with Crippen LogP contribution in [0.15, 0.2) is 41.2 Å². The molecule has 1 saturated heterocycles. The molecule has 34 heavy (non-hydrogen) atoms. The summed E-state index contributed by atoms with van der Waals surface area (Å²) in [6.45, 7) is 6.65. The van der Waals surface area contributed by atoms with Gasteiger partial charge in [0.2, 0.25) is 6.79 Å². The average Bonchev–Trinajstić information content (AvgIpc) is 3.52. The molecule has 0 amide bonds. The molecular formula is C26H29N3O4S. The maximum absolute atomic E-state index is 13.0. The van der Waals surface area contributed by atoms with Crippen molar-refractivity contribution in [3.05, 3.63) is 69.0 Å². The fourth-order valence-corrected chi connectivity index (χ4v) is 4.73. The quantitative estimate of drug-likeness (QED) is 0.519. The minimum absolute atomic E-state index is 0.0983.